The molecule has 0 unspecified atom stereocenters. The Morgan fingerprint density at radius 3 is 1.62 bits per heavy atom. The van der Waals surface area contributed by atoms with Gasteiger partial charge in [0.1, 0.15) is 17.2 Å². The minimum atomic E-state index is -0.426. The average molecular weight is 453 g/mol. The summed E-state index contributed by atoms with van der Waals surface area (Å²) < 4.78 is 16.1. The van der Waals surface area contributed by atoms with Gasteiger partial charge in [-0.25, -0.2) is 4.79 Å². The van der Waals surface area contributed by atoms with E-state index in [0.29, 0.717) is 23.6 Å². The first-order chi connectivity index (χ1) is 16.6. The van der Waals surface area contributed by atoms with Gasteiger partial charge in [0, 0.05) is 0 Å². The molecule has 0 atom stereocenters. The Morgan fingerprint density at radius 1 is 0.647 bits per heavy atom. The second kappa shape index (κ2) is 10.9. The van der Waals surface area contributed by atoms with Gasteiger partial charge in [-0.05, 0) is 90.8 Å². The molecule has 0 saturated carbocycles. The summed E-state index contributed by atoms with van der Waals surface area (Å²) in [5, 5.41) is 8.43. The second-order valence-corrected chi connectivity index (χ2v) is 7.32. The smallest absolute Gasteiger partial charge is 0.343 e. The van der Waals surface area contributed by atoms with E-state index in [1.165, 1.54) is 0 Å². The van der Waals surface area contributed by atoms with E-state index in [4.69, 9.17) is 14.2 Å². The standard InChI is InChI=1S/C28H24N2O4/c1-3-33-26-16-10-23(11-17-26)29-30-24-12-18-27(19-13-24)34-28(31)22-6-4-20(5-7-22)21-8-14-25(32-2)15-9-21/h4-19H,3H2,1-2H3. The number of nitrogens with zero attached hydrogens (tertiary/aromatic N) is 2. The zero-order valence-corrected chi connectivity index (χ0v) is 19.0. The molecular formula is C28H24N2O4. The van der Waals surface area contributed by atoms with Crippen LogP contribution in [0.25, 0.3) is 11.1 Å². The maximum Gasteiger partial charge on any atom is 0.343 e. The van der Waals surface area contributed by atoms with E-state index < -0.39 is 5.97 Å². The molecule has 0 bridgehead atoms. The van der Waals surface area contributed by atoms with Crippen molar-refractivity contribution in [1.29, 1.82) is 0 Å². The number of hydrogen-bond acceptors (Lipinski definition) is 6. The van der Waals surface area contributed by atoms with Gasteiger partial charge in [0.15, 0.2) is 0 Å². The quantitative estimate of drug-likeness (QED) is 0.159. The maximum atomic E-state index is 12.5. The number of ether oxygens (including phenoxy) is 3. The summed E-state index contributed by atoms with van der Waals surface area (Å²) in [7, 11) is 1.64. The molecule has 4 aromatic rings. The lowest BCUT2D eigenvalue weighted by Crippen LogP contribution is -2.08. The SMILES string of the molecule is CCOc1ccc(N=Nc2ccc(OC(=O)c3ccc(-c4ccc(OC)cc4)cc3)cc2)cc1. The van der Waals surface area contributed by atoms with Crippen molar-refractivity contribution in [2.45, 2.75) is 6.92 Å². The number of benzene rings is 4. The first-order valence-corrected chi connectivity index (χ1v) is 10.9. The Hall–Kier alpha value is -4.45. The molecule has 34 heavy (non-hydrogen) atoms. The molecule has 0 aromatic heterocycles. The summed E-state index contributed by atoms with van der Waals surface area (Å²) in [6, 6.07) is 29.3. The van der Waals surface area contributed by atoms with Crippen LogP contribution in [0.3, 0.4) is 0 Å². The van der Waals surface area contributed by atoms with E-state index in [9.17, 15) is 4.79 Å². The van der Waals surface area contributed by atoms with Crippen molar-refractivity contribution in [1.82, 2.24) is 0 Å². The molecule has 170 valence electrons. The van der Waals surface area contributed by atoms with Crippen molar-refractivity contribution in [3.63, 3.8) is 0 Å². The number of carbonyl (C=O) groups is 1. The van der Waals surface area contributed by atoms with Crippen LogP contribution in [0.4, 0.5) is 11.4 Å². The van der Waals surface area contributed by atoms with Gasteiger partial charge in [0.2, 0.25) is 0 Å². The number of azo groups is 1. The first-order valence-electron chi connectivity index (χ1n) is 10.9. The molecule has 0 amide bonds. The van der Waals surface area contributed by atoms with Crippen molar-refractivity contribution in [3.8, 4) is 28.4 Å². The van der Waals surface area contributed by atoms with Gasteiger partial charge in [-0.2, -0.15) is 10.2 Å². The van der Waals surface area contributed by atoms with Crippen LogP contribution in [-0.4, -0.2) is 19.7 Å². The monoisotopic (exact) mass is 452 g/mol. The molecule has 6 heteroatoms. The summed E-state index contributed by atoms with van der Waals surface area (Å²) >= 11 is 0. The van der Waals surface area contributed by atoms with Crippen molar-refractivity contribution < 1.29 is 19.0 Å². The summed E-state index contributed by atoms with van der Waals surface area (Å²) in [4.78, 5) is 12.5. The number of methoxy groups -OCH3 is 1. The van der Waals surface area contributed by atoms with Crippen LogP contribution in [0.5, 0.6) is 17.2 Å². The van der Waals surface area contributed by atoms with Crippen LogP contribution in [0.15, 0.2) is 107 Å². The molecule has 4 aromatic carbocycles. The molecular weight excluding hydrogens is 428 g/mol. The van der Waals surface area contributed by atoms with E-state index in [0.717, 1.165) is 28.3 Å². The third kappa shape index (κ3) is 5.86. The van der Waals surface area contributed by atoms with Crippen LogP contribution >= 0.6 is 0 Å². The Kier molecular flexibility index (Phi) is 7.30. The highest BCUT2D eigenvalue weighted by atomic mass is 16.5. The van der Waals surface area contributed by atoms with Gasteiger partial charge >= 0.3 is 5.97 Å². The van der Waals surface area contributed by atoms with Crippen molar-refractivity contribution in [3.05, 3.63) is 103 Å². The van der Waals surface area contributed by atoms with E-state index in [1.807, 2.05) is 67.6 Å². The predicted molar refractivity (Wildman–Crippen MR) is 132 cm³/mol. The fourth-order valence-electron chi connectivity index (χ4n) is 3.22. The molecule has 6 nitrogen and oxygen atoms in total. The minimum Gasteiger partial charge on any atom is -0.497 e. The zero-order valence-electron chi connectivity index (χ0n) is 19.0. The first kappa shape index (κ1) is 22.7. The molecule has 0 aliphatic carbocycles. The fourth-order valence-corrected chi connectivity index (χ4v) is 3.22. The minimum absolute atomic E-state index is 0.426. The lowest BCUT2D eigenvalue weighted by molar-refractivity contribution is 0.0735. The van der Waals surface area contributed by atoms with E-state index in [-0.39, 0.29) is 0 Å². The van der Waals surface area contributed by atoms with Gasteiger partial charge in [-0.1, -0.05) is 24.3 Å². The zero-order chi connectivity index (χ0) is 23.8. The molecule has 0 aliphatic heterocycles. The van der Waals surface area contributed by atoms with Gasteiger partial charge in [0.25, 0.3) is 0 Å². The largest absolute Gasteiger partial charge is 0.497 e. The maximum absolute atomic E-state index is 12.5. The van der Waals surface area contributed by atoms with Crippen molar-refractivity contribution >= 4 is 17.3 Å². The summed E-state index contributed by atoms with van der Waals surface area (Å²) in [5.74, 6) is 1.60. The molecule has 0 heterocycles. The average Bonchev–Trinajstić information content (AvgIpc) is 2.89. The number of rotatable bonds is 8. The highest BCUT2D eigenvalue weighted by Gasteiger charge is 2.09. The second-order valence-electron chi connectivity index (χ2n) is 7.32. The molecule has 0 fully saturated rings. The normalized spacial score (nSPS) is 10.8. The number of esters is 1. The van der Waals surface area contributed by atoms with Crippen molar-refractivity contribution in [2.75, 3.05) is 13.7 Å². The number of hydrogen-bond donors (Lipinski definition) is 0. The Labute approximate surface area is 198 Å². The lowest BCUT2D eigenvalue weighted by atomic mass is 10.0. The number of carbonyl (C=O) groups excluding carboxylic acids is 1. The van der Waals surface area contributed by atoms with Crippen LogP contribution in [0.2, 0.25) is 0 Å². The molecule has 0 aliphatic rings. The topological polar surface area (TPSA) is 69.5 Å². The predicted octanol–water partition coefficient (Wildman–Crippen LogP) is 7.40. The Morgan fingerprint density at radius 2 is 1.12 bits per heavy atom. The lowest BCUT2D eigenvalue weighted by Gasteiger charge is -2.07. The molecule has 4 rings (SSSR count). The molecule has 0 saturated heterocycles. The third-order valence-corrected chi connectivity index (χ3v) is 5.02. The van der Waals surface area contributed by atoms with Crippen LogP contribution in [-0.2, 0) is 0 Å². The third-order valence-electron chi connectivity index (χ3n) is 5.02. The Bertz CT molecular complexity index is 1250. The molecule has 0 N–H and O–H groups in total. The van der Waals surface area contributed by atoms with Crippen LogP contribution in [0.1, 0.15) is 17.3 Å². The summed E-state index contributed by atoms with van der Waals surface area (Å²) in [6.45, 7) is 2.56. The summed E-state index contributed by atoms with van der Waals surface area (Å²) in [6.07, 6.45) is 0. The highest BCUT2D eigenvalue weighted by Crippen LogP contribution is 2.25. The van der Waals surface area contributed by atoms with E-state index >= 15 is 0 Å². The van der Waals surface area contributed by atoms with E-state index in [2.05, 4.69) is 10.2 Å². The van der Waals surface area contributed by atoms with Gasteiger partial charge in [0.05, 0.1) is 30.7 Å². The Balaban J connectivity index is 1.35. The van der Waals surface area contributed by atoms with Gasteiger partial charge in [-0.15, -0.1) is 0 Å². The van der Waals surface area contributed by atoms with Crippen molar-refractivity contribution in [2.24, 2.45) is 10.2 Å². The molecule has 0 radical (unpaired) electrons. The van der Waals surface area contributed by atoms with Crippen LogP contribution in [0, 0.1) is 0 Å². The highest BCUT2D eigenvalue weighted by molar-refractivity contribution is 5.91. The van der Waals surface area contributed by atoms with Crippen LogP contribution < -0.4 is 14.2 Å². The summed E-state index contributed by atoms with van der Waals surface area (Å²) in [5.41, 5.74) is 3.88. The molecule has 0 spiro atoms. The van der Waals surface area contributed by atoms with Gasteiger partial charge in [-0.3, -0.25) is 0 Å². The fraction of sp³-hybridized carbons (Fsp3) is 0.107. The van der Waals surface area contributed by atoms with E-state index in [1.54, 1.807) is 43.5 Å². The van der Waals surface area contributed by atoms with Gasteiger partial charge < -0.3 is 14.2 Å².